The van der Waals surface area contributed by atoms with Gasteiger partial charge in [0.15, 0.2) is 0 Å². The van der Waals surface area contributed by atoms with E-state index in [0.717, 1.165) is 47.2 Å². The lowest BCUT2D eigenvalue weighted by molar-refractivity contribution is 0.0764. The van der Waals surface area contributed by atoms with Gasteiger partial charge in [-0.2, -0.15) is 0 Å². The molecule has 2 N–H and O–H groups in total. The number of imidazole rings is 1. The van der Waals surface area contributed by atoms with Gasteiger partial charge in [-0.1, -0.05) is 12.8 Å². The van der Waals surface area contributed by atoms with Crippen LogP contribution in [0.15, 0.2) is 18.5 Å². The Balaban J connectivity index is 2.01. The first-order valence-corrected chi connectivity index (χ1v) is 7.24. The van der Waals surface area contributed by atoms with Crippen molar-refractivity contribution in [3.63, 3.8) is 0 Å². The van der Waals surface area contributed by atoms with Crippen LogP contribution >= 0.6 is 0 Å². The molecule has 3 aromatic heterocycles. The van der Waals surface area contributed by atoms with E-state index in [4.69, 9.17) is 0 Å². The molecule has 3 aromatic rings. The quantitative estimate of drug-likeness (QED) is 0.714. The number of aromatic amines is 1. The Morgan fingerprint density at radius 2 is 2.20 bits per heavy atom. The van der Waals surface area contributed by atoms with E-state index < -0.39 is 0 Å². The zero-order valence-corrected chi connectivity index (χ0v) is 11.5. The number of aliphatic hydroxyl groups excluding tert-OH is 1. The molecule has 2 atom stereocenters. The number of hydrogen-bond acceptors (Lipinski definition) is 3. The summed E-state index contributed by atoms with van der Waals surface area (Å²) in [6, 6.07) is 2.17. The van der Waals surface area contributed by atoms with Crippen molar-refractivity contribution < 1.29 is 5.11 Å². The molecular weight excluding hydrogens is 252 g/mol. The topological polar surface area (TPSA) is 66.7 Å². The molecule has 2 unspecified atom stereocenters. The second kappa shape index (κ2) is 4.31. The van der Waals surface area contributed by atoms with Gasteiger partial charge in [0.1, 0.15) is 17.0 Å². The fourth-order valence-electron chi connectivity index (χ4n) is 3.51. The number of aromatic nitrogens is 4. The van der Waals surface area contributed by atoms with Crippen LogP contribution in [0.4, 0.5) is 0 Å². The van der Waals surface area contributed by atoms with Crippen LogP contribution in [0.2, 0.25) is 0 Å². The van der Waals surface area contributed by atoms with E-state index in [0.29, 0.717) is 0 Å². The number of aryl methyl sites for hydroxylation is 1. The third-order valence-corrected chi connectivity index (χ3v) is 4.44. The summed E-state index contributed by atoms with van der Waals surface area (Å²) < 4.78 is 2.22. The van der Waals surface area contributed by atoms with Crippen molar-refractivity contribution >= 4 is 22.1 Å². The monoisotopic (exact) mass is 270 g/mol. The first kappa shape index (κ1) is 11.9. The van der Waals surface area contributed by atoms with Gasteiger partial charge in [-0.3, -0.25) is 0 Å². The predicted molar refractivity (Wildman–Crippen MR) is 77.6 cm³/mol. The second-order valence-corrected chi connectivity index (χ2v) is 5.68. The average Bonchev–Trinajstić information content (AvgIpc) is 3.02. The lowest BCUT2D eigenvalue weighted by Crippen LogP contribution is -2.28. The summed E-state index contributed by atoms with van der Waals surface area (Å²) in [5.41, 5.74) is 2.89. The fourth-order valence-corrected chi connectivity index (χ4v) is 3.51. The van der Waals surface area contributed by atoms with Crippen LogP contribution in [0.25, 0.3) is 22.1 Å². The van der Waals surface area contributed by atoms with E-state index >= 15 is 0 Å². The summed E-state index contributed by atoms with van der Waals surface area (Å²) in [5.74, 6) is 0.960. The second-order valence-electron chi connectivity index (χ2n) is 5.68. The molecule has 20 heavy (non-hydrogen) atoms. The first-order chi connectivity index (χ1) is 9.75. The van der Waals surface area contributed by atoms with Crippen LogP contribution in [-0.4, -0.2) is 30.7 Å². The van der Waals surface area contributed by atoms with Gasteiger partial charge in [0, 0.05) is 11.6 Å². The highest BCUT2D eigenvalue weighted by Gasteiger charge is 2.28. The molecule has 1 aliphatic rings. The van der Waals surface area contributed by atoms with Gasteiger partial charge in [0.25, 0.3) is 0 Å². The van der Waals surface area contributed by atoms with Gasteiger partial charge >= 0.3 is 0 Å². The van der Waals surface area contributed by atoms with Crippen LogP contribution in [0, 0.1) is 6.92 Å². The normalized spacial score (nSPS) is 23.7. The molecule has 0 radical (unpaired) electrons. The highest BCUT2D eigenvalue weighted by Crippen LogP contribution is 2.34. The summed E-state index contributed by atoms with van der Waals surface area (Å²) in [6.45, 7) is 2.01. The van der Waals surface area contributed by atoms with Gasteiger partial charge in [-0.15, -0.1) is 0 Å². The van der Waals surface area contributed by atoms with Crippen molar-refractivity contribution in [3.8, 4) is 0 Å². The summed E-state index contributed by atoms with van der Waals surface area (Å²) in [5, 5.41) is 11.5. The Labute approximate surface area is 116 Å². The molecule has 0 aliphatic heterocycles. The summed E-state index contributed by atoms with van der Waals surface area (Å²) in [4.78, 5) is 12.2. The minimum Gasteiger partial charge on any atom is -0.391 e. The third-order valence-electron chi connectivity index (χ3n) is 4.44. The SMILES string of the molecule is Cc1nc2cnc3[nH]ccc3c2n1C1CCCCC1O. The van der Waals surface area contributed by atoms with Gasteiger partial charge in [0.2, 0.25) is 0 Å². The number of fused-ring (bicyclic) bond motifs is 3. The number of pyridine rings is 1. The molecule has 1 aliphatic carbocycles. The number of rotatable bonds is 1. The van der Waals surface area contributed by atoms with E-state index in [2.05, 4.69) is 19.5 Å². The maximum absolute atomic E-state index is 10.4. The predicted octanol–water partition coefficient (Wildman–Crippen LogP) is 2.70. The Bertz CT molecular complexity index is 773. The average molecular weight is 270 g/mol. The molecule has 1 saturated carbocycles. The van der Waals surface area contributed by atoms with Crippen molar-refractivity contribution in [2.24, 2.45) is 0 Å². The van der Waals surface area contributed by atoms with Crippen molar-refractivity contribution in [3.05, 3.63) is 24.3 Å². The minimum absolute atomic E-state index is 0.134. The largest absolute Gasteiger partial charge is 0.391 e. The van der Waals surface area contributed by atoms with Crippen molar-refractivity contribution in [2.45, 2.75) is 44.8 Å². The third kappa shape index (κ3) is 1.59. The Morgan fingerprint density at radius 3 is 3.05 bits per heavy atom. The highest BCUT2D eigenvalue weighted by atomic mass is 16.3. The molecule has 104 valence electrons. The van der Waals surface area contributed by atoms with Gasteiger partial charge in [-0.05, 0) is 25.8 Å². The molecule has 3 heterocycles. The minimum atomic E-state index is -0.276. The molecule has 5 nitrogen and oxygen atoms in total. The number of nitrogens with one attached hydrogen (secondary N) is 1. The number of nitrogens with zero attached hydrogens (tertiary/aromatic N) is 3. The van der Waals surface area contributed by atoms with Crippen LogP contribution in [0.1, 0.15) is 37.5 Å². The van der Waals surface area contributed by atoms with Gasteiger partial charge in [-0.25, -0.2) is 9.97 Å². The van der Waals surface area contributed by atoms with Crippen LogP contribution < -0.4 is 0 Å². The maximum Gasteiger partial charge on any atom is 0.139 e. The fraction of sp³-hybridized carbons (Fsp3) is 0.467. The van der Waals surface area contributed by atoms with E-state index in [9.17, 15) is 5.11 Å². The smallest absolute Gasteiger partial charge is 0.139 e. The van der Waals surface area contributed by atoms with E-state index in [1.54, 1.807) is 0 Å². The Morgan fingerprint density at radius 1 is 1.35 bits per heavy atom. The number of H-pyrrole nitrogens is 1. The van der Waals surface area contributed by atoms with Crippen molar-refractivity contribution in [2.75, 3.05) is 0 Å². The van der Waals surface area contributed by atoms with Crippen molar-refractivity contribution in [1.29, 1.82) is 0 Å². The molecule has 0 bridgehead atoms. The van der Waals surface area contributed by atoms with E-state index in [-0.39, 0.29) is 12.1 Å². The summed E-state index contributed by atoms with van der Waals surface area (Å²) >= 11 is 0. The lowest BCUT2D eigenvalue weighted by atomic mass is 9.92. The zero-order valence-electron chi connectivity index (χ0n) is 11.5. The standard InChI is InChI=1S/C15H18N4O/c1-9-18-11-8-17-15-10(6-7-16-15)14(11)19(9)12-4-2-3-5-13(12)20/h6-8,12-13,20H,2-5H2,1H3,(H,16,17). The van der Waals surface area contributed by atoms with Crippen LogP contribution in [0.3, 0.4) is 0 Å². The molecule has 0 spiro atoms. The highest BCUT2D eigenvalue weighted by molar-refractivity contribution is 6.01. The summed E-state index contributed by atoms with van der Waals surface area (Å²) in [6.07, 6.45) is 7.62. The Kier molecular flexibility index (Phi) is 2.57. The molecule has 0 saturated heterocycles. The summed E-state index contributed by atoms with van der Waals surface area (Å²) in [7, 11) is 0. The molecule has 0 amide bonds. The molecule has 1 fully saturated rings. The van der Waals surface area contributed by atoms with Crippen LogP contribution in [-0.2, 0) is 0 Å². The van der Waals surface area contributed by atoms with Crippen molar-refractivity contribution in [1.82, 2.24) is 19.5 Å². The van der Waals surface area contributed by atoms with Crippen LogP contribution in [0.5, 0.6) is 0 Å². The van der Waals surface area contributed by atoms with Gasteiger partial charge in [0.05, 0.1) is 23.9 Å². The molecule has 5 heteroatoms. The number of aliphatic hydroxyl groups is 1. The molecular formula is C15H18N4O. The lowest BCUT2D eigenvalue weighted by Gasteiger charge is -2.30. The Hall–Kier alpha value is -1.88. The molecule has 0 aromatic carbocycles. The maximum atomic E-state index is 10.4. The number of hydrogen-bond donors (Lipinski definition) is 2. The van der Waals surface area contributed by atoms with E-state index in [1.165, 1.54) is 6.42 Å². The first-order valence-electron chi connectivity index (χ1n) is 7.24. The van der Waals surface area contributed by atoms with Gasteiger partial charge < -0.3 is 14.7 Å². The zero-order chi connectivity index (χ0) is 13.7. The molecule has 4 rings (SSSR count). The van der Waals surface area contributed by atoms with E-state index in [1.807, 2.05) is 25.4 Å².